The molecule has 0 saturated heterocycles. The molecule has 1 N–H and O–H groups in total. The fraction of sp³-hybridized carbons (Fsp3) is 0.308. The average Bonchev–Trinajstić information content (AvgIpc) is 2.78. The van der Waals surface area contributed by atoms with Crippen molar-refractivity contribution >= 4 is 5.69 Å². The van der Waals surface area contributed by atoms with E-state index in [2.05, 4.69) is 21.6 Å². The van der Waals surface area contributed by atoms with E-state index >= 15 is 0 Å². The Hall–Kier alpha value is -2.35. The van der Waals surface area contributed by atoms with E-state index in [4.69, 9.17) is 5.26 Å². The van der Waals surface area contributed by atoms with Crippen molar-refractivity contribution in [2.45, 2.75) is 19.9 Å². The summed E-state index contributed by atoms with van der Waals surface area (Å²) in [6.45, 7) is 3.98. The number of para-hydroxylation sites is 1. The molecule has 0 bridgehead atoms. The van der Waals surface area contributed by atoms with E-state index in [0.29, 0.717) is 5.56 Å². The summed E-state index contributed by atoms with van der Waals surface area (Å²) in [5.41, 5.74) is 2.54. The molecular weight excluding hydrogens is 226 g/mol. The van der Waals surface area contributed by atoms with Crippen LogP contribution in [0.4, 0.5) is 5.69 Å². The summed E-state index contributed by atoms with van der Waals surface area (Å²) in [6, 6.07) is 7.85. The SMILES string of the molecule is Cc1cccc(C#N)c1NC(C)c1nncn1C. The highest BCUT2D eigenvalue weighted by molar-refractivity contribution is 5.62. The van der Waals surface area contributed by atoms with Crippen LogP contribution in [0.15, 0.2) is 24.5 Å². The Kier molecular flexibility index (Phi) is 3.28. The molecule has 0 amide bonds. The maximum atomic E-state index is 9.12. The van der Waals surface area contributed by atoms with Gasteiger partial charge in [0.2, 0.25) is 0 Å². The first kappa shape index (κ1) is 12.1. The van der Waals surface area contributed by atoms with Crippen LogP contribution in [0.1, 0.15) is 29.9 Å². The van der Waals surface area contributed by atoms with E-state index in [1.807, 2.05) is 37.6 Å². The van der Waals surface area contributed by atoms with Crippen LogP contribution in [-0.2, 0) is 7.05 Å². The van der Waals surface area contributed by atoms with Crippen molar-refractivity contribution in [2.75, 3.05) is 5.32 Å². The predicted octanol–water partition coefficient (Wildman–Crippen LogP) is 2.17. The first-order valence-corrected chi connectivity index (χ1v) is 5.73. The Morgan fingerprint density at radius 1 is 1.44 bits per heavy atom. The molecule has 2 rings (SSSR count). The molecule has 0 fully saturated rings. The van der Waals surface area contributed by atoms with Gasteiger partial charge in [-0.05, 0) is 25.5 Å². The molecule has 0 saturated carbocycles. The smallest absolute Gasteiger partial charge is 0.154 e. The van der Waals surface area contributed by atoms with Crippen LogP contribution in [0, 0.1) is 18.3 Å². The molecule has 1 unspecified atom stereocenters. The zero-order valence-corrected chi connectivity index (χ0v) is 10.7. The minimum Gasteiger partial charge on any atom is -0.374 e. The predicted molar refractivity (Wildman–Crippen MR) is 68.9 cm³/mol. The van der Waals surface area contributed by atoms with Crippen molar-refractivity contribution < 1.29 is 0 Å². The highest BCUT2D eigenvalue weighted by Gasteiger charge is 2.14. The first-order chi connectivity index (χ1) is 8.63. The van der Waals surface area contributed by atoms with Gasteiger partial charge in [0.15, 0.2) is 5.82 Å². The second-order valence-electron chi connectivity index (χ2n) is 4.28. The number of rotatable bonds is 3. The summed E-state index contributed by atoms with van der Waals surface area (Å²) in [7, 11) is 1.90. The fourth-order valence-corrected chi connectivity index (χ4v) is 1.92. The Bertz CT molecular complexity index is 594. The van der Waals surface area contributed by atoms with Gasteiger partial charge in [-0.15, -0.1) is 10.2 Å². The van der Waals surface area contributed by atoms with Crippen molar-refractivity contribution in [3.05, 3.63) is 41.5 Å². The van der Waals surface area contributed by atoms with Gasteiger partial charge in [-0.2, -0.15) is 5.26 Å². The van der Waals surface area contributed by atoms with Crippen molar-refractivity contribution in [1.82, 2.24) is 14.8 Å². The van der Waals surface area contributed by atoms with Crippen molar-refractivity contribution in [1.29, 1.82) is 5.26 Å². The van der Waals surface area contributed by atoms with Gasteiger partial charge in [-0.3, -0.25) is 0 Å². The molecule has 0 aliphatic rings. The molecule has 18 heavy (non-hydrogen) atoms. The summed E-state index contributed by atoms with van der Waals surface area (Å²) >= 11 is 0. The lowest BCUT2D eigenvalue weighted by molar-refractivity contribution is 0.718. The molecule has 2 aromatic rings. The number of benzene rings is 1. The number of nitriles is 1. The highest BCUT2D eigenvalue weighted by atomic mass is 15.3. The van der Waals surface area contributed by atoms with Crippen LogP contribution in [0.2, 0.25) is 0 Å². The third-order valence-electron chi connectivity index (χ3n) is 2.89. The van der Waals surface area contributed by atoms with Crippen LogP contribution in [0.5, 0.6) is 0 Å². The van der Waals surface area contributed by atoms with Gasteiger partial charge >= 0.3 is 0 Å². The van der Waals surface area contributed by atoms with E-state index in [0.717, 1.165) is 17.1 Å². The van der Waals surface area contributed by atoms with Crippen molar-refractivity contribution in [2.24, 2.45) is 7.05 Å². The maximum Gasteiger partial charge on any atom is 0.154 e. The van der Waals surface area contributed by atoms with Crippen LogP contribution in [0.25, 0.3) is 0 Å². The van der Waals surface area contributed by atoms with Crippen LogP contribution >= 0.6 is 0 Å². The molecule has 0 spiro atoms. The summed E-state index contributed by atoms with van der Waals surface area (Å²) in [5.74, 6) is 0.835. The molecule has 5 heteroatoms. The largest absolute Gasteiger partial charge is 0.374 e. The lowest BCUT2D eigenvalue weighted by Gasteiger charge is -2.17. The average molecular weight is 241 g/mol. The number of anilines is 1. The maximum absolute atomic E-state index is 9.12. The molecular formula is C13H15N5. The molecule has 0 aliphatic carbocycles. The minimum absolute atomic E-state index is 0.00861. The monoisotopic (exact) mass is 241 g/mol. The lowest BCUT2D eigenvalue weighted by Crippen LogP contribution is -2.13. The topological polar surface area (TPSA) is 66.5 Å². The number of aromatic nitrogens is 3. The molecule has 1 atom stereocenters. The standard InChI is InChI=1S/C13H15N5/c1-9-5-4-6-11(7-14)12(9)16-10(2)13-17-15-8-18(13)3/h4-6,8,10,16H,1-3H3. The van der Waals surface area contributed by atoms with Gasteiger partial charge in [-0.25, -0.2) is 0 Å². The van der Waals surface area contributed by atoms with Gasteiger partial charge in [0.1, 0.15) is 12.4 Å². The molecule has 0 radical (unpaired) electrons. The number of nitrogens with one attached hydrogen (secondary N) is 1. The molecule has 1 aromatic heterocycles. The van der Waals surface area contributed by atoms with Gasteiger partial charge in [-0.1, -0.05) is 12.1 Å². The van der Waals surface area contributed by atoms with E-state index in [9.17, 15) is 0 Å². The van der Waals surface area contributed by atoms with E-state index in [1.54, 1.807) is 12.4 Å². The second kappa shape index (κ2) is 4.88. The van der Waals surface area contributed by atoms with E-state index in [-0.39, 0.29) is 6.04 Å². The van der Waals surface area contributed by atoms with Gasteiger partial charge in [0, 0.05) is 7.05 Å². The lowest BCUT2D eigenvalue weighted by atomic mass is 10.1. The summed E-state index contributed by atoms with van der Waals surface area (Å²) in [6.07, 6.45) is 1.66. The van der Waals surface area contributed by atoms with Crippen LogP contribution in [-0.4, -0.2) is 14.8 Å². The van der Waals surface area contributed by atoms with E-state index < -0.39 is 0 Å². The molecule has 1 aromatic carbocycles. The highest BCUT2D eigenvalue weighted by Crippen LogP contribution is 2.24. The van der Waals surface area contributed by atoms with Crippen LogP contribution in [0.3, 0.4) is 0 Å². The Morgan fingerprint density at radius 3 is 2.83 bits per heavy atom. The Balaban J connectivity index is 2.30. The zero-order valence-electron chi connectivity index (χ0n) is 10.7. The van der Waals surface area contributed by atoms with Gasteiger partial charge in [0.25, 0.3) is 0 Å². The van der Waals surface area contributed by atoms with Crippen LogP contribution < -0.4 is 5.32 Å². The Labute approximate surface area is 106 Å². The zero-order chi connectivity index (χ0) is 13.1. The Morgan fingerprint density at radius 2 is 2.22 bits per heavy atom. The van der Waals surface area contributed by atoms with Gasteiger partial charge in [0.05, 0.1) is 17.3 Å². The van der Waals surface area contributed by atoms with Gasteiger partial charge < -0.3 is 9.88 Å². The third-order valence-corrected chi connectivity index (χ3v) is 2.89. The summed E-state index contributed by atoms with van der Waals surface area (Å²) in [4.78, 5) is 0. The number of hydrogen-bond acceptors (Lipinski definition) is 4. The quantitative estimate of drug-likeness (QED) is 0.894. The number of nitrogens with zero attached hydrogens (tertiary/aromatic N) is 4. The fourth-order valence-electron chi connectivity index (χ4n) is 1.92. The molecule has 1 heterocycles. The van der Waals surface area contributed by atoms with Crippen molar-refractivity contribution in [3.63, 3.8) is 0 Å². The molecule has 92 valence electrons. The number of hydrogen-bond donors (Lipinski definition) is 1. The normalized spacial score (nSPS) is 11.9. The molecule has 5 nitrogen and oxygen atoms in total. The number of aryl methyl sites for hydroxylation is 2. The first-order valence-electron chi connectivity index (χ1n) is 5.73. The minimum atomic E-state index is -0.00861. The second-order valence-corrected chi connectivity index (χ2v) is 4.28. The summed E-state index contributed by atoms with van der Waals surface area (Å²) < 4.78 is 1.86. The molecule has 0 aliphatic heterocycles. The summed E-state index contributed by atoms with van der Waals surface area (Å²) in [5, 5.41) is 20.4. The van der Waals surface area contributed by atoms with Crippen molar-refractivity contribution in [3.8, 4) is 6.07 Å². The van der Waals surface area contributed by atoms with E-state index in [1.165, 1.54) is 0 Å². The third kappa shape index (κ3) is 2.18.